The smallest absolute Gasteiger partial charge is 0.250 e. The van der Waals surface area contributed by atoms with Crippen molar-refractivity contribution in [1.82, 2.24) is 10.2 Å². The number of hydrogen-bond donors (Lipinski definition) is 3. The summed E-state index contributed by atoms with van der Waals surface area (Å²) in [4.78, 5) is 53.7. The Morgan fingerprint density at radius 2 is 1.88 bits per heavy atom. The maximum absolute atomic E-state index is 13.8. The zero-order valence-electron chi connectivity index (χ0n) is 18.6. The minimum atomic E-state index is -1.53. The molecule has 4 atom stereocenters. The van der Waals surface area contributed by atoms with Gasteiger partial charge in [-0.15, -0.1) is 0 Å². The molecular formula is C24H23ClN4O5. The van der Waals surface area contributed by atoms with Crippen LogP contribution in [0.1, 0.15) is 23.1 Å². The zero-order valence-corrected chi connectivity index (χ0v) is 19.3. The minimum absolute atomic E-state index is 0.0388. The summed E-state index contributed by atoms with van der Waals surface area (Å²) in [6.07, 6.45) is -0.194. The summed E-state index contributed by atoms with van der Waals surface area (Å²) < 4.78 is 5.17. The molecule has 2 aromatic carbocycles. The topological polar surface area (TPSA) is 131 Å². The second kappa shape index (κ2) is 7.82. The second-order valence-electron chi connectivity index (χ2n) is 8.97. The number of aryl methyl sites for hydroxylation is 1. The third-order valence-corrected chi connectivity index (χ3v) is 7.23. The molecule has 4 amide bonds. The molecule has 2 aromatic rings. The molecule has 2 saturated heterocycles. The molecule has 0 aliphatic carbocycles. The van der Waals surface area contributed by atoms with Gasteiger partial charge < -0.3 is 15.8 Å². The van der Waals surface area contributed by atoms with Gasteiger partial charge in [0.15, 0.2) is 0 Å². The average Bonchev–Trinajstić information content (AvgIpc) is 3.35. The zero-order chi connectivity index (χ0) is 24.4. The molecule has 0 saturated carbocycles. The Kier molecular flexibility index (Phi) is 5.14. The number of imide groups is 1. The number of carbonyl (C=O) groups excluding carboxylic acids is 4. The molecule has 10 heteroatoms. The summed E-state index contributed by atoms with van der Waals surface area (Å²) in [5.41, 5.74) is 6.35. The largest absolute Gasteiger partial charge is 0.497 e. The number of rotatable bonds is 5. The van der Waals surface area contributed by atoms with Crippen molar-refractivity contribution in [2.45, 2.75) is 31.5 Å². The van der Waals surface area contributed by atoms with Crippen molar-refractivity contribution >= 4 is 40.9 Å². The third-order valence-electron chi connectivity index (χ3n) is 6.93. The standard InChI is InChI=1S/C24H23ClN4O5/c1-11-7-14-20(15(25)8-11)27-23(33)24(14)19-18(16(28-24)9-17(26)30)21(31)29(22(19)32)10-12-3-5-13(34-2)6-4-12/h3-8,16,18-19,28H,9-10H2,1-2H3,(H2,26,30)(H,27,33)/t16-,18-,19-,24-/m1/s1. The number of ether oxygens (including phenoxy) is 1. The van der Waals surface area contributed by atoms with E-state index in [-0.39, 0.29) is 13.0 Å². The number of halogens is 1. The Morgan fingerprint density at radius 1 is 1.18 bits per heavy atom. The number of likely N-dealkylation sites (tertiary alicyclic amines) is 1. The van der Waals surface area contributed by atoms with Crippen LogP contribution in [0.4, 0.5) is 5.69 Å². The van der Waals surface area contributed by atoms with E-state index in [0.717, 1.165) is 16.0 Å². The molecule has 0 radical (unpaired) electrons. The van der Waals surface area contributed by atoms with Crippen molar-refractivity contribution in [2.75, 3.05) is 12.4 Å². The van der Waals surface area contributed by atoms with Gasteiger partial charge in [0.25, 0.3) is 0 Å². The molecule has 3 heterocycles. The molecule has 176 valence electrons. The predicted molar refractivity (Wildman–Crippen MR) is 123 cm³/mol. The monoisotopic (exact) mass is 482 g/mol. The molecule has 1 spiro atoms. The van der Waals surface area contributed by atoms with E-state index in [1.54, 1.807) is 43.5 Å². The minimum Gasteiger partial charge on any atom is -0.497 e. The number of fused-ring (bicyclic) bond motifs is 4. The van der Waals surface area contributed by atoms with Crippen LogP contribution in [-0.4, -0.2) is 41.7 Å². The Bertz CT molecular complexity index is 1250. The van der Waals surface area contributed by atoms with Gasteiger partial charge in [-0.25, -0.2) is 0 Å². The van der Waals surface area contributed by atoms with Crippen molar-refractivity contribution in [2.24, 2.45) is 17.6 Å². The third kappa shape index (κ3) is 3.11. The molecule has 3 aliphatic rings. The lowest BCUT2D eigenvalue weighted by molar-refractivity contribution is -0.143. The van der Waals surface area contributed by atoms with E-state index in [0.29, 0.717) is 22.0 Å². The first-order chi connectivity index (χ1) is 16.2. The van der Waals surface area contributed by atoms with Crippen LogP contribution in [0.2, 0.25) is 5.02 Å². The van der Waals surface area contributed by atoms with Gasteiger partial charge >= 0.3 is 0 Å². The second-order valence-corrected chi connectivity index (χ2v) is 9.37. The maximum Gasteiger partial charge on any atom is 0.250 e. The summed E-state index contributed by atoms with van der Waals surface area (Å²) in [5, 5.41) is 6.28. The Labute approximate surface area is 200 Å². The van der Waals surface area contributed by atoms with Gasteiger partial charge in [-0.3, -0.25) is 29.4 Å². The highest BCUT2D eigenvalue weighted by Crippen LogP contribution is 2.54. The van der Waals surface area contributed by atoms with Crippen LogP contribution in [0.25, 0.3) is 0 Å². The lowest BCUT2D eigenvalue weighted by Crippen LogP contribution is -2.53. The van der Waals surface area contributed by atoms with Crippen LogP contribution in [-0.2, 0) is 31.3 Å². The SMILES string of the molecule is COc1ccc(CN2C(=O)[C@@H]3[C@@H](CC(N)=O)N[C@@]4(C(=O)Nc5c(Cl)cc(C)cc54)[C@H]3C2=O)cc1. The lowest BCUT2D eigenvalue weighted by Gasteiger charge is -2.29. The van der Waals surface area contributed by atoms with E-state index in [2.05, 4.69) is 10.6 Å². The van der Waals surface area contributed by atoms with E-state index in [1.807, 2.05) is 6.92 Å². The molecule has 34 heavy (non-hydrogen) atoms. The van der Waals surface area contributed by atoms with Gasteiger partial charge in [0.1, 0.15) is 11.3 Å². The van der Waals surface area contributed by atoms with Crippen molar-refractivity contribution in [3.05, 3.63) is 58.1 Å². The van der Waals surface area contributed by atoms with Crippen LogP contribution < -0.4 is 21.1 Å². The number of amides is 4. The van der Waals surface area contributed by atoms with Crippen LogP contribution in [0, 0.1) is 18.8 Å². The molecule has 3 aliphatic heterocycles. The van der Waals surface area contributed by atoms with E-state index in [4.69, 9.17) is 22.1 Å². The molecular weight excluding hydrogens is 460 g/mol. The molecule has 0 unspecified atom stereocenters. The fourth-order valence-corrected chi connectivity index (χ4v) is 5.84. The summed E-state index contributed by atoms with van der Waals surface area (Å²) in [6, 6.07) is 9.73. The van der Waals surface area contributed by atoms with Gasteiger partial charge in [-0.05, 0) is 36.2 Å². The number of anilines is 1. The summed E-state index contributed by atoms with van der Waals surface area (Å²) in [6.45, 7) is 1.87. The highest BCUT2D eigenvalue weighted by Gasteiger charge is 2.70. The number of carbonyl (C=O) groups is 4. The average molecular weight is 483 g/mol. The Balaban J connectivity index is 1.59. The normalized spacial score (nSPS) is 27.2. The highest BCUT2D eigenvalue weighted by atomic mass is 35.5. The van der Waals surface area contributed by atoms with Gasteiger partial charge in [0.2, 0.25) is 23.6 Å². The molecule has 0 bridgehead atoms. The van der Waals surface area contributed by atoms with Crippen molar-refractivity contribution in [3.63, 3.8) is 0 Å². The Morgan fingerprint density at radius 3 is 2.53 bits per heavy atom. The summed E-state index contributed by atoms with van der Waals surface area (Å²) in [7, 11) is 1.55. The first kappa shape index (κ1) is 22.4. The number of nitrogens with zero attached hydrogens (tertiary/aromatic N) is 1. The molecule has 5 rings (SSSR count). The first-order valence-electron chi connectivity index (χ1n) is 10.8. The first-order valence-corrected chi connectivity index (χ1v) is 11.2. The summed E-state index contributed by atoms with van der Waals surface area (Å²) in [5.74, 6) is -3.35. The predicted octanol–water partition coefficient (Wildman–Crippen LogP) is 1.45. The quantitative estimate of drug-likeness (QED) is 0.553. The molecule has 0 aromatic heterocycles. The van der Waals surface area contributed by atoms with E-state index in [9.17, 15) is 19.2 Å². The van der Waals surface area contributed by atoms with E-state index in [1.165, 1.54) is 0 Å². The fraction of sp³-hybridized carbons (Fsp3) is 0.333. The van der Waals surface area contributed by atoms with Crippen LogP contribution in [0.5, 0.6) is 5.75 Å². The van der Waals surface area contributed by atoms with Crippen molar-refractivity contribution in [3.8, 4) is 5.75 Å². The van der Waals surface area contributed by atoms with E-state index < -0.39 is 47.0 Å². The van der Waals surface area contributed by atoms with Crippen LogP contribution in [0.15, 0.2) is 36.4 Å². The van der Waals surface area contributed by atoms with Crippen LogP contribution in [0.3, 0.4) is 0 Å². The van der Waals surface area contributed by atoms with Gasteiger partial charge in [0.05, 0.1) is 36.2 Å². The molecule has 2 fully saturated rings. The number of nitrogens with one attached hydrogen (secondary N) is 2. The number of nitrogens with two attached hydrogens (primary N) is 1. The van der Waals surface area contributed by atoms with Gasteiger partial charge in [0, 0.05) is 18.0 Å². The number of benzene rings is 2. The lowest BCUT2D eigenvalue weighted by atomic mass is 9.76. The number of primary amides is 1. The maximum atomic E-state index is 13.8. The van der Waals surface area contributed by atoms with Crippen molar-refractivity contribution < 1.29 is 23.9 Å². The van der Waals surface area contributed by atoms with Crippen molar-refractivity contribution in [1.29, 1.82) is 0 Å². The van der Waals surface area contributed by atoms with E-state index >= 15 is 0 Å². The van der Waals surface area contributed by atoms with Gasteiger partial charge in [-0.2, -0.15) is 0 Å². The molecule has 4 N–H and O–H groups in total. The van der Waals surface area contributed by atoms with Crippen LogP contribution >= 0.6 is 11.6 Å². The number of hydrogen-bond acceptors (Lipinski definition) is 6. The fourth-order valence-electron chi connectivity index (χ4n) is 5.51. The summed E-state index contributed by atoms with van der Waals surface area (Å²) >= 11 is 6.40. The van der Waals surface area contributed by atoms with Gasteiger partial charge in [-0.1, -0.05) is 29.8 Å². The molecule has 9 nitrogen and oxygen atoms in total. The number of methoxy groups -OCH3 is 1. The highest BCUT2D eigenvalue weighted by molar-refractivity contribution is 6.35. The Hall–Kier alpha value is -3.43.